The molecule has 5 nitrogen and oxygen atoms in total. The topological polar surface area (TPSA) is 81.4 Å². The highest BCUT2D eigenvalue weighted by Gasteiger charge is 2.52. The number of benzene rings is 1. The summed E-state index contributed by atoms with van der Waals surface area (Å²) in [5, 5.41) is 3.14. The zero-order valence-corrected chi connectivity index (χ0v) is 12.6. The minimum atomic E-state index is -0.842. The lowest BCUT2D eigenvalue weighted by Gasteiger charge is -2.44. The molecule has 0 unspecified atom stereocenters. The van der Waals surface area contributed by atoms with Crippen LogP contribution in [0.3, 0.4) is 0 Å². The van der Waals surface area contributed by atoms with Crippen molar-refractivity contribution in [3.05, 3.63) is 27.8 Å². The minimum Gasteiger partial charge on any atom is -0.469 e. The molecule has 1 aliphatic carbocycles. The van der Waals surface area contributed by atoms with E-state index in [1.165, 1.54) is 7.11 Å². The number of hydrogen-bond donors (Lipinski definition) is 2. The fourth-order valence-corrected chi connectivity index (χ4v) is 2.65. The maximum atomic E-state index is 11.6. The number of hydrogen-bond acceptors (Lipinski definition) is 4. The Hall–Kier alpha value is -1.31. The molecule has 2 rings (SSSR count). The summed E-state index contributed by atoms with van der Waals surface area (Å²) in [6.07, 6.45) is 0.752. The van der Waals surface area contributed by atoms with Gasteiger partial charge in [0.1, 0.15) is 5.54 Å². The number of amides is 1. The van der Waals surface area contributed by atoms with Crippen LogP contribution < -0.4 is 11.1 Å². The molecule has 0 spiro atoms. The third kappa shape index (κ3) is 2.83. The second kappa shape index (κ2) is 5.36. The first kappa shape index (κ1) is 14.1. The first-order valence-electron chi connectivity index (χ1n) is 5.88. The molecule has 1 aromatic carbocycles. The highest BCUT2D eigenvalue weighted by Crippen LogP contribution is 2.41. The summed E-state index contributed by atoms with van der Waals surface area (Å²) in [6, 6.07) is 7.65. The van der Waals surface area contributed by atoms with Crippen molar-refractivity contribution in [1.29, 1.82) is 0 Å². The third-order valence-electron chi connectivity index (χ3n) is 3.42. The van der Waals surface area contributed by atoms with Crippen LogP contribution in [0.15, 0.2) is 24.3 Å². The molecular formula is C13H15IN2O3. The van der Waals surface area contributed by atoms with Gasteiger partial charge in [-0.15, -0.1) is 0 Å². The second-order valence-electron chi connectivity index (χ2n) is 4.71. The summed E-state index contributed by atoms with van der Waals surface area (Å²) in [6.45, 7) is 0. The number of carbonyl (C=O) groups excluding carboxylic acids is 2. The molecule has 0 aliphatic heterocycles. The van der Waals surface area contributed by atoms with Crippen LogP contribution in [-0.4, -0.2) is 24.5 Å². The van der Waals surface area contributed by atoms with E-state index in [9.17, 15) is 9.59 Å². The van der Waals surface area contributed by atoms with Gasteiger partial charge >= 0.3 is 5.97 Å². The number of methoxy groups -OCH3 is 1. The largest absolute Gasteiger partial charge is 0.469 e. The number of rotatable bonds is 4. The highest BCUT2D eigenvalue weighted by atomic mass is 127. The number of esters is 1. The van der Waals surface area contributed by atoms with Crippen molar-refractivity contribution in [3.63, 3.8) is 0 Å². The van der Waals surface area contributed by atoms with E-state index in [0.29, 0.717) is 12.8 Å². The number of halogens is 1. The lowest BCUT2D eigenvalue weighted by atomic mass is 9.67. The van der Waals surface area contributed by atoms with Crippen molar-refractivity contribution in [3.8, 4) is 0 Å². The van der Waals surface area contributed by atoms with Crippen LogP contribution in [0, 0.1) is 9.49 Å². The zero-order chi connectivity index (χ0) is 14.0. The minimum absolute atomic E-state index is 0.256. The van der Waals surface area contributed by atoms with E-state index in [2.05, 4.69) is 32.6 Å². The van der Waals surface area contributed by atoms with Crippen LogP contribution in [0.25, 0.3) is 0 Å². The Morgan fingerprint density at radius 3 is 2.42 bits per heavy atom. The molecule has 1 aromatic rings. The van der Waals surface area contributed by atoms with Gasteiger partial charge in [-0.05, 0) is 59.7 Å². The number of carbonyl (C=O) groups is 2. The van der Waals surface area contributed by atoms with Crippen molar-refractivity contribution >= 4 is 40.2 Å². The van der Waals surface area contributed by atoms with Crippen molar-refractivity contribution < 1.29 is 14.3 Å². The summed E-state index contributed by atoms with van der Waals surface area (Å²) < 4.78 is 5.78. The molecule has 0 atom stereocenters. The van der Waals surface area contributed by atoms with Crippen LogP contribution in [0.4, 0.5) is 5.69 Å². The Balaban J connectivity index is 2.09. The Morgan fingerprint density at radius 1 is 1.37 bits per heavy atom. The van der Waals surface area contributed by atoms with E-state index in [0.717, 1.165) is 9.26 Å². The molecular weight excluding hydrogens is 359 g/mol. The fraction of sp³-hybridized carbons (Fsp3) is 0.385. The molecule has 0 radical (unpaired) electrons. The smallest absolute Gasteiger partial charge is 0.308 e. The summed E-state index contributed by atoms with van der Waals surface area (Å²) in [5.41, 5.74) is 5.44. The predicted octanol–water partition coefficient (Wildman–Crippen LogP) is 1.51. The average molecular weight is 374 g/mol. The van der Waals surface area contributed by atoms with E-state index >= 15 is 0 Å². The zero-order valence-electron chi connectivity index (χ0n) is 10.5. The molecule has 6 heteroatoms. The van der Waals surface area contributed by atoms with Gasteiger partial charge in [0.05, 0.1) is 13.0 Å². The lowest BCUT2D eigenvalue weighted by molar-refractivity contribution is -0.152. The van der Waals surface area contributed by atoms with Crippen molar-refractivity contribution in [2.45, 2.75) is 18.4 Å². The van der Waals surface area contributed by atoms with Gasteiger partial charge in [0.25, 0.3) is 0 Å². The first-order chi connectivity index (χ1) is 8.97. The van der Waals surface area contributed by atoms with Crippen LogP contribution in [-0.2, 0) is 14.3 Å². The van der Waals surface area contributed by atoms with Gasteiger partial charge in [-0.25, -0.2) is 0 Å². The molecule has 19 heavy (non-hydrogen) atoms. The van der Waals surface area contributed by atoms with Crippen LogP contribution >= 0.6 is 22.6 Å². The van der Waals surface area contributed by atoms with Gasteiger partial charge in [-0.2, -0.15) is 0 Å². The van der Waals surface area contributed by atoms with Crippen LogP contribution in [0.1, 0.15) is 12.8 Å². The Kier molecular flexibility index (Phi) is 3.98. The molecule has 0 bridgehead atoms. The van der Waals surface area contributed by atoms with E-state index in [1.54, 1.807) is 0 Å². The number of nitrogens with one attached hydrogen (secondary N) is 1. The maximum Gasteiger partial charge on any atom is 0.308 e. The van der Waals surface area contributed by atoms with Crippen LogP contribution in [0.2, 0.25) is 0 Å². The third-order valence-corrected chi connectivity index (χ3v) is 4.14. The van der Waals surface area contributed by atoms with Gasteiger partial charge in [0.15, 0.2) is 0 Å². The summed E-state index contributed by atoms with van der Waals surface area (Å²) >= 11 is 2.21. The van der Waals surface area contributed by atoms with Gasteiger partial charge in [0.2, 0.25) is 5.91 Å². The summed E-state index contributed by atoms with van der Waals surface area (Å²) in [5.74, 6) is -0.985. The van der Waals surface area contributed by atoms with Gasteiger partial charge in [0, 0.05) is 9.26 Å². The molecule has 3 N–H and O–H groups in total. The van der Waals surface area contributed by atoms with Crippen LogP contribution in [0.5, 0.6) is 0 Å². The Morgan fingerprint density at radius 2 is 1.95 bits per heavy atom. The monoisotopic (exact) mass is 374 g/mol. The Labute approximate surface area is 125 Å². The number of anilines is 1. The second-order valence-corrected chi connectivity index (χ2v) is 5.95. The summed E-state index contributed by atoms with van der Waals surface area (Å²) in [7, 11) is 1.35. The normalized spacial score (nSPS) is 25.3. The highest BCUT2D eigenvalue weighted by molar-refractivity contribution is 14.1. The summed E-state index contributed by atoms with van der Waals surface area (Å²) in [4.78, 5) is 23.0. The fourth-order valence-electron chi connectivity index (χ4n) is 2.29. The standard InChI is InChI=1S/C13H15IN2O3/c1-19-11(17)8-6-13(7-8,12(15)18)16-10-4-2-9(14)3-5-10/h2-5,8,16H,6-7H2,1H3,(H2,15,18). The molecule has 0 aromatic heterocycles. The SMILES string of the molecule is COC(=O)C1CC(Nc2ccc(I)cc2)(C(N)=O)C1. The molecule has 1 aliphatic rings. The maximum absolute atomic E-state index is 11.6. The molecule has 1 amide bonds. The van der Waals surface area contributed by atoms with E-state index < -0.39 is 11.4 Å². The van der Waals surface area contributed by atoms with Gasteiger partial charge in [-0.3, -0.25) is 9.59 Å². The van der Waals surface area contributed by atoms with Gasteiger partial charge < -0.3 is 15.8 Å². The van der Waals surface area contributed by atoms with Crippen molar-refractivity contribution in [1.82, 2.24) is 0 Å². The number of ether oxygens (including phenoxy) is 1. The quantitative estimate of drug-likeness (QED) is 0.619. The Bertz CT molecular complexity index is 495. The molecule has 0 saturated heterocycles. The van der Waals surface area contributed by atoms with Gasteiger partial charge in [-0.1, -0.05) is 0 Å². The molecule has 1 saturated carbocycles. The first-order valence-corrected chi connectivity index (χ1v) is 6.96. The van der Waals surface area contributed by atoms with E-state index in [4.69, 9.17) is 5.73 Å². The van der Waals surface area contributed by atoms with Crippen molar-refractivity contribution in [2.75, 3.05) is 12.4 Å². The van der Waals surface area contributed by atoms with E-state index in [1.807, 2.05) is 24.3 Å². The molecule has 102 valence electrons. The van der Waals surface area contributed by atoms with Crippen molar-refractivity contribution in [2.24, 2.45) is 11.7 Å². The predicted molar refractivity (Wildman–Crippen MR) is 79.4 cm³/mol. The number of primary amides is 1. The average Bonchev–Trinajstić information content (AvgIpc) is 2.34. The number of nitrogens with two attached hydrogens (primary N) is 1. The lowest BCUT2D eigenvalue weighted by Crippen LogP contribution is -2.61. The molecule has 1 fully saturated rings. The molecule has 0 heterocycles. The van der Waals surface area contributed by atoms with E-state index in [-0.39, 0.29) is 11.9 Å².